The molecule has 212 valence electrons. The van der Waals surface area contributed by atoms with Gasteiger partial charge in [0.25, 0.3) is 0 Å². The minimum absolute atomic E-state index is 0.250. The number of nitrogens with one attached hydrogen (secondary N) is 1. The van der Waals surface area contributed by atoms with Crippen molar-refractivity contribution in [1.82, 2.24) is 20.1 Å². The maximum Gasteiger partial charge on any atom is 0.303 e. The first-order valence-corrected chi connectivity index (χ1v) is 13.4. The first kappa shape index (κ1) is 30.1. The number of ether oxygens (including phenoxy) is 4. The van der Waals surface area contributed by atoms with E-state index in [1.54, 1.807) is 0 Å². The summed E-state index contributed by atoms with van der Waals surface area (Å²) in [6.07, 6.45) is -3.30. The van der Waals surface area contributed by atoms with Gasteiger partial charge in [-0.3, -0.25) is 19.2 Å². The fraction of sp³-hybridized carbons (Fsp3) is 0.538. The maximum absolute atomic E-state index is 12.2. The van der Waals surface area contributed by atoms with Crippen LogP contribution in [0.25, 0.3) is 11.4 Å². The van der Waals surface area contributed by atoms with Crippen molar-refractivity contribution in [3.05, 3.63) is 30.3 Å². The fourth-order valence-electron chi connectivity index (χ4n) is 4.20. The molecule has 0 bridgehead atoms. The number of rotatable bonds is 10. The van der Waals surface area contributed by atoms with Crippen LogP contribution in [0.2, 0.25) is 0 Å². The third kappa shape index (κ3) is 8.27. The van der Waals surface area contributed by atoms with Gasteiger partial charge in [0.2, 0.25) is 5.91 Å². The van der Waals surface area contributed by atoms with E-state index in [-0.39, 0.29) is 12.5 Å². The molecule has 1 aliphatic heterocycles. The molecule has 12 nitrogen and oxygen atoms in total. The van der Waals surface area contributed by atoms with Gasteiger partial charge in [-0.2, -0.15) is 0 Å². The Bertz CT molecular complexity index is 1170. The van der Waals surface area contributed by atoms with E-state index >= 15 is 0 Å². The zero-order valence-electron chi connectivity index (χ0n) is 22.8. The van der Waals surface area contributed by atoms with Gasteiger partial charge in [0.1, 0.15) is 24.2 Å². The lowest BCUT2D eigenvalue weighted by Gasteiger charge is -2.44. The lowest BCUT2D eigenvalue weighted by atomic mass is 9.97. The third-order valence-electron chi connectivity index (χ3n) is 5.59. The average Bonchev–Trinajstić information content (AvgIpc) is 3.22. The van der Waals surface area contributed by atoms with Crippen LogP contribution in [0.4, 0.5) is 0 Å². The minimum atomic E-state index is -1.16. The molecule has 1 amide bonds. The molecule has 1 aliphatic rings. The van der Waals surface area contributed by atoms with Gasteiger partial charge in [0.05, 0.1) is 0 Å². The van der Waals surface area contributed by atoms with Gasteiger partial charge < -0.3 is 28.8 Å². The Morgan fingerprint density at radius 3 is 2.18 bits per heavy atom. The van der Waals surface area contributed by atoms with Gasteiger partial charge in [0.15, 0.2) is 23.2 Å². The van der Waals surface area contributed by atoms with Gasteiger partial charge in [-0.25, -0.2) is 0 Å². The first-order chi connectivity index (χ1) is 18.5. The molecule has 1 fully saturated rings. The maximum atomic E-state index is 12.2. The van der Waals surface area contributed by atoms with Crippen molar-refractivity contribution in [2.24, 2.45) is 5.92 Å². The zero-order chi connectivity index (χ0) is 28.7. The van der Waals surface area contributed by atoms with Crippen LogP contribution < -0.4 is 5.32 Å². The number of hydrogen-bond donors (Lipinski definition) is 1. The Kier molecular flexibility index (Phi) is 10.5. The number of hydrogen-bond acceptors (Lipinski definition) is 11. The van der Waals surface area contributed by atoms with Gasteiger partial charge >= 0.3 is 17.9 Å². The third-order valence-corrected chi connectivity index (χ3v) is 6.74. The highest BCUT2D eigenvalue weighted by atomic mass is 32.2. The quantitative estimate of drug-likeness (QED) is 0.336. The predicted molar refractivity (Wildman–Crippen MR) is 140 cm³/mol. The summed E-state index contributed by atoms with van der Waals surface area (Å²) in [5, 5.41) is 12.1. The van der Waals surface area contributed by atoms with Gasteiger partial charge in [-0.15, -0.1) is 10.2 Å². The lowest BCUT2D eigenvalue weighted by Crippen LogP contribution is -2.65. The molecule has 2 heterocycles. The number of carbonyl (C=O) groups is 4. The molecule has 0 spiro atoms. The molecule has 1 N–H and O–H groups in total. The summed E-state index contributed by atoms with van der Waals surface area (Å²) < 4.78 is 24.5. The van der Waals surface area contributed by atoms with E-state index < -0.39 is 53.6 Å². The summed E-state index contributed by atoms with van der Waals surface area (Å²) in [7, 11) is 0. The van der Waals surface area contributed by atoms with Crippen molar-refractivity contribution in [1.29, 1.82) is 0 Å². The molecule has 2 aromatic rings. The molecule has 1 saturated heterocycles. The van der Waals surface area contributed by atoms with E-state index in [2.05, 4.69) is 29.4 Å². The van der Waals surface area contributed by atoms with Crippen LogP contribution in [0.5, 0.6) is 0 Å². The molecule has 3 rings (SSSR count). The molecular weight excluding hydrogens is 528 g/mol. The molecule has 13 heteroatoms. The summed E-state index contributed by atoms with van der Waals surface area (Å²) in [6.45, 7) is 9.40. The van der Waals surface area contributed by atoms with Crippen molar-refractivity contribution in [3.63, 3.8) is 0 Å². The second-order valence-electron chi connectivity index (χ2n) is 9.51. The fourth-order valence-corrected chi connectivity index (χ4v) is 5.35. The second kappa shape index (κ2) is 13.6. The number of aromatic nitrogens is 3. The summed E-state index contributed by atoms with van der Waals surface area (Å²) >= 11 is 1.17. The van der Waals surface area contributed by atoms with E-state index in [0.717, 1.165) is 5.56 Å². The monoisotopic (exact) mass is 562 g/mol. The van der Waals surface area contributed by atoms with Crippen LogP contribution in [0.1, 0.15) is 41.5 Å². The van der Waals surface area contributed by atoms with Crippen LogP contribution in [0.15, 0.2) is 35.5 Å². The molecule has 0 saturated carbocycles. The highest BCUT2D eigenvalue weighted by Gasteiger charge is 2.51. The van der Waals surface area contributed by atoms with E-state index in [9.17, 15) is 19.2 Å². The Hall–Kier alpha value is -3.45. The first-order valence-electron chi connectivity index (χ1n) is 12.5. The minimum Gasteiger partial charge on any atom is -0.463 e. The smallest absolute Gasteiger partial charge is 0.303 e. The molecule has 1 aromatic heterocycles. The molecule has 5 atom stereocenters. The van der Waals surface area contributed by atoms with Crippen molar-refractivity contribution in [3.8, 4) is 11.4 Å². The van der Waals surface area contributed by atoms with E-state index in [0.29, 0.717) is 17.5 Å². The highest BCUT2D eigenvalue weighted by Crippen LogP contribution is 2.37. The molecule has 39 heavy (non-hydrogen) atoms. The zero-order valence-corrected chi connectivity index (χ0v) is 23.6. The van der Waals surface area contributed by atoms with E-state index in [4.69, 9.17) is 18.9 Å². The van der Waals surface area contributed by atoms with Gasteiger partial charge in [0, 0.05) is 39.8 Å². The van der Waals surface area contributed by atoms with Crippen molar-refractivity contribution in [2.75, 3.05) is 6.61 Å². The van der Waals surface area contributed by atoms with Crippen LogP contribution in [-0.2, 0) is 44.7 Å². The summed E-state index contributed by atoms with van der Waals surface area (Å²) in [4.78, 5) is 47.9. The Balaban J connectivity index is 2.05. The second-order valence-corrected chi connectivity index (χ2v) is 10.6. The molecule has 0 radical (unpaired) electrons. The number of amides is 1. The number of nitrogens with zero attached hydrogens (tertiary/aromatic N) is 3. The summed E-state index contributed by atoms with van der Waals surface area (Å²) in [6, 6.07) is 8.65. The normalized spacial score (nSPS) is 22.7. The van der Waals surface area contributed by atoms with E-state index in [1.807, 2.05) is 34.9 Å². The SMILES string of the molecule is CC(=O)NC1C(Sc2nnc(-c3ccccc3)n2CC(C)C)OC(COC(C)=O)C(OC(C)=O)C1OC(C)=O. The highest BCUT2D eigenvalue weighted by molar-refractivity contribution is 7.99. The Morgan fingerprint density at radius 1 is 0.974 bits per heavy atom. The number of esters is 3. The predicted octanol–water partition coefficient (Wildman–Crippen LogP) is 2.35. The van der Waals surface area contributed by atoms with Crippen LogP contribution >= 0.6 is 11.8 Å². The number of thioether (sulfide) groups is 1. The van der Waals surface area contributed by atoms with Crippen LogP contribution in [0.3, 0.4) is 0 Å². The van der Waals surface area contributed by atoms with Crippen LogP contribution in [-0.4, -0.2) is 75.0 Å². The van der Waals surface area contributed by atoms with Gasteiger partial charge in [-0.1, -0.05) is 55.9 Å². The summed E-state index contributed by atoms with van der Waals surface area (Å²) in [5.74, 6) is -1.39. The summed E-state index contributed by atoms with van der Waals surface area (Å²) in [5.41, 5.74) is -0.00901. The van der Waals surface area contributed by atoms with Crippen molar-refractivity contribution < 1.29 is 38.1 Å². The average molecular weight is 563 g/mol. The topological polar surface area (TPSA) is 148 Å². The molecule has 5 unspecified atom stereocenters. The van der Waals surface area contributed by atoms with E-state index in [1.165, 1.54) is 39.5 Å². The molecule has 0 aliphatic carbocycles. The molecular formula is C26H34N4O8S. The van der Waals surface area contributed by atoms with Gasteiger partial charge in [-0.05, 0) is 5.92 Å². The standard InChI is InChI=1S/C26H34N4O8S/c1-14(2)12-30-24(19-10-8-7-9-11-19)28-29-26(30)39-25-21(27-15(3)31)23(37-18(6)34)22(36-17(5)33)20(38-25)13-35-16(4)32/h7-11,14,20-23,25H,12-13H2,1-6H3,(H,27,31). The Labute approximate surface area is 231 Å². The van der Waals surface area contributed by atoms with Crippen molar-refractivity contribution >= 4 is 35.6 Å². The number of benzene rings is 1. The number of carbonyl (C=O) groups excluding carboxylic acids is 4. The van der Waals surface area contributed by atoms with Crippen molar-refractivity contribution in [2.45, 2.75) is 83.0 Å². The largest absolute Gasteiger partial charge is 0.463 e. The molecule has 1 aromatic carbocycles. The lowest BCUT2D eigenvalue weighted by molar-refractivity contribution is -0.211. The van der Waals surface area contributed by atoms with Crippen LogP contribution in [0, 0.1) is 5.92 Å². The Morgan fingerprint density at radius 2 is 1.62 bits per heavy atom.